The van der Waals surface area contributed by atoms with Gasteiger partial charge in [0.05, 0.1) is 31.6 Å². The zero-order valence-corrected chi connectivity index (χ0v) is 21.7. The van der Waals surface area contributed by atoms with Gasteiger partial charge in [-0.05, 0) is 33.6 Å². The van der Waals surface area contributed by atoms with Crippen LogP contribution in [0.5, 0.6) is 0 Å². The van der Waals surface area contributed by atoms with Crippen molar-refractivity contribution in [3.8, 4) is 0 Å². The molecule has 0 aliphatic carbocycles. The number of amides is 2. The summed E-state index contributed by atoms with van der Waals surface area (Å²) in [7, 11) is 0. The third-order valence-corrected chi connectivity index (χ3v) is 6.60. The molecule has 2 saturated heterocycles. The molecule has 0 aromatic carbocycles. The Hall–Kier alpha value is -3.25. The first-order chi connectivity index (χ1) is 17.6. The van der Waals surface area contributed by atoms with E-state index in [0.29, 0.717) is 57.8 Å². The number of nitrogens with one attached hydrogen (secondary N) is 2. The van der Waals surface area contributed by atoms with Gasteiger partial charge in [-0.25, -0.2) is 9.31 Å². The Bertz CT molecular complexity index is 1180. The van der Waals surface area contributed by atoms with Gasteiger partial charge in [0, 0.05) is 51.1 Å². The molecule has 2 N–H and O–H groups in total. The van der Waals surface area contributed by atoms with Crippen LogP contribution in [-0.4, -0.2) is 100 Å². The molecule has 12 nitrogen and oxygen atoms in total. The van der Waals surface area contributed by atoms with Crippen LogP contribution in [0.25, 0.3) is 5.65 Å². The predicted octanol–water partition coefficient (Wildman–Crippen LogP) is 1.16. The number of Topliss-reactive ketones (excluding diaryl/α,β-unsaturated/α-hetero) is 1. The monoisotopic (exact) mass is 516 g/mol. The molecule has 0 spiro atoms. The summed E-state index contributed by atoms with van der Waals surface area (Å²) >= 11 is 0. The molecule has 12 heteroatoms. The van der Waals surface area contributed by atoms with Gasteiger partial charge in [0.15, 0.2) is 5.78 Å². The lowest BCUT2D eigenvalue weighted by Crippen LogP contribution is -2.41. The number of aromatic amines is 1. The molecule has 4 heterocycles. The van der Waals surface area contributed by atoms with Crippen LogP contribution in [0.4, 0.5) is 4.79 Å². The number of nitrogens with zero attached hydrogens (tertiary/aromatic N) is 4. The van der Waals surface area contributed by atoms with Crippen molar-refractivity contribution in [1.82, 2.24) is 29.7 Å². The van der Waals surface area contributed by atoms with Crippen molar-refractivity contribution in [1.29, 1.82) is 0 Å². The third-order valence-electron chi connectivity index (χ3n) is 6.60. The van der Waals surface area contributed by atoms with E-state index in [2.05, 4.69) is 20.3 Å². The van der Waals surface area contributed by atoms with E-state index in [1.807, 2.05) is 20.8 Å². The lowest BCUT2D eigenvalue weighted by molar-refractivity contribution is -0.118. The molecule has 202 valence electrons. The Balaban J connectivity index is 1.37. The highest BCUT2D eigenvalue weighted by molar-refractivity contribution is 6.01. The van der Waals surface area contributed by atoms with Crippen LogP contribution >= 0.6 is 0 Å². The fourth-order valence-electron chi connectivity index (χ4n) is 4.62. The molecule has 2 fully saturated rings. The number of carbonyl (C=O) groups is 3. The molecule has 2 aliphatic rings. The van der Waals surface area contributed by atoms with Crippen LogP contribution in [-0.2, 0) is 14.3 Å². The minimum atomic E-state index is -0.563. The van der Waals surface area contributed by atoms with Gasteiger partial charge < -0.3 is 24.7 Å². The largest absolute Gasteiger partial charge is 0.444 e. The minimum absolute atomic E-state index is 0.0129. The predicted molar refractivity (Wildman–Crippen MR) is 135 cm³/mol. The average molecular weight is 517 g/mol. The number of H-pyrrole nitrogens is 1. The van der Waals surface area contributed by atoms with Crippen molar-refractivity contribution in [3.63, 3.8) is 0 Å². The van der Waals surface area contributed by atoms with E-state index in [4.69, 9.17) is 9.47 Å². The second-order valence-electron chi connectivity index (χ2n) is 10.5. The number of rotatable bonds is 7. The number of fused-ring (bicyclic) bond motifs is 1. The van der Waals surface area contributed by atoms with Gasteiger partial charge in [0.1, 0.15) is 16.8 Å². The van der Waals surface area contributed by atoms with Crippen LogP contribution in [0.15, 0.2) is 17.1 Å². The summed E-state index contributed by atoms with van der Waals surface area (Å²) in [6, 6.07) is 1.49. The number of likely N-dealkylation sites (tertiary alicyclic amines) is 1. The Labute approximate surface area is 215 Å². The molecule has 0 radical (unpaired) electrons. The zero-order chi connectivity index (χ0) is 26.6. The lowest BCUT2D eigenvalue weighted by Gasteiger charge is -2.33. The molecule has 0 saturated carbocycles. The molecule has 2 aromatic heterocycles. The van der Waals surface area contributed by atoms with E-state index >= 15 is 0 Å². The third kappa shape index (κ3) is 6.95. The maximum Gasteiger partial charge on any atom is 0.410 e. The molecule has 2 aromatic rings. The van der Waals surface area contributed by atoms with E-state index in [0.717, 1.165) is 13.1 Å². The molecule has 0 atom stereocenters. The average Bonchev–Trinajstić information content (AvgIpc) is 3.29. The van der Waals surface area contributed by atoms with Crippen molar-refractivity contribution in [2.75, 3.05) is 52.5 Å². The zero-order valence-electron chi connectivity index (χ0n) is 21.7. The molecule has 4 rings (SSSR count). The molecule has 2 amide bonds. The Kier molecular flexibility index (Phi) is 8.28. The second-order valence-corrected chi connectivity index (χ2v) is 10.5. The first-order valence-corrected chi connectivity index (χ1v) is 12.8. The van der Waals surface area contributed by atoms with E-state index in [-0.39, 0.29) is 41.1 Å². The number of morpholine rings is 1. The first-order valence-electron chi connectivity index (χ1n) is 12.8. The maximum atomic E-state index is 12.8. The highest BCUT2D eigenvalue weighted by Crippen LogP contribution is 2.28. The molecular weight excluding hydrogens is 480 g/mol. The number of ether oxygens (including phenoxy) is 2. The van der Waals surface area contributed by atoms with Crippen LogP contribution in [0, 0.1) is 0 Å². The summed E-state index contributed by atoms with van der Waals surface area (Å²) < 4.78 is 12.3. The number of aromatic nitrogens is 3. The smallest absolute Gasteiger partial charge is 0.410 e. The molecular formula is C25H36N6O6. The highest BCUT2D eigenvalue weighted by atomic mass is 16.6. The van der Waals surface area contributed by atoms with Crippen LogP contribution < -0.4 is 10.9 Å². The Morgan fingerprint density at radius 3 is 2.54 bits per heavy atom. The summed E-state index contributed by atoms with van der Waals surface area (Å²) in [4.78, 5) is 56.5. The number of ketones is 1. The topological polar surface area (TPSA) is 138 Å². The molecule has 0 unspecified atom stereocenters. The number of hydrogen-bond acceptors (Lipinski definition) is 8. The van der Waals surface area contributed by atoms with E-state index in [1.54, 1.807) is 9.42 Å². The highest BCUT2D eigenvalue weighted by Gasteiger charge is 2.29. The van der Waals surface area contributed by atoms with Gasteiger partial charge in [-0.2, -0.15) is 5.10 Å². The minimum Gasteiger partial charge on any atom is -0.444 e. The van der Waals surface area contributed by atoms with E-state index < -0.39 is 11.5 Å². The van der Waals surface area contributed by atoms with Crippen LogP contribution in [0.1, 0.15) is 62.0 Å². The Morgan fingerprint density at radius 1 is 1.16 bits per heavy atom. The van der Waals surface area contributed by atoms with Crippen LogP contribution in [0.3, 0.4) is 0 Å². The second kappa shape index (κ2) is 11.4. The lowest BCUT2D eigenvalue weighted by atomic mass is 9.93. The fraction of sp³-hybridized carbons (Fsp3) is 0.640. The summed E-state index contributed by atoms with van der Waals surface area (Å²) in [5.41, 5.74) is 0.268. The summed E-state index contributed by atoms with van der Waals surface area (Å²) in [5, 5.41) is 7.02. The summed E-state index contributed by atoms with van der Waals surface area (Å²) in [6.07, 6.45) is 2.67. The standard InChI is InChI=1S/C25H36N6O6/c1-25(2,3)37-24(35)30-8-4-17(5-9-30)20-14-21(33)28-22-19(16-27-31(20)22)23(34)26-15-18(32)6-7-29-10-12-36-13-11-29/h14,16-17H,4-13,15H2,1-3H3,(H,26,34)(H,28,33). The fourth-order valence-corrected chi connectivity index (χ4v) is 4.62. The van der Waals surface area contributed by atoms with E-state index in [9.17, 15) is 19.2 Å². The quantitative estimate of drug-likeness (QED) is 0.559. The molecule has 37 heavy (non-hydrogen) atoms. The van der Waals surface area contributed by atoms with Gasteiger partial charge in [0.2, 0.25) is 0 Å². The Morgan fingerprint density at radius 2 is 1.86 bits per heavy atom. The van der Waals surface area contributed by atoms with Gasteiger partial charge >= 0.3 is 6.09 Å². The van der Waals surface area contributed by atoms with Crippen molar-refractivity contribution in [2.24, 2.45) is 0 Å². The molecule has 0 bridgehead atoms. The first kappa shape index (κ1) is 26.8. The summed E-state index contributed by atoms with van der Waals surface area (Å²) in [5.74, 6) is -0.550. The van der Waals surface area contributed by atoms with Crippen molar-refractivity contribution in [2.45, 2.75) is 51.6 Å². The normalized spacial score (nSPS) is 17.6. The van der Waals surface area contributed by atoms with Crippen molar-refractivity contribution >= 4 is 23.4 Å². The SMILES string of the molecule is CC(C)(C)OC(=O)N1CCC(c2cc(=O)[nH]c3c(C(=O)NCC(=O)CCN4CCOCC4)cnn23)CC1. The van der Waals surface area contributed by atoms with Gasteiger partial charge in [-0.3, -0.25) is 19.3 Å². The van der Waals surface area contributed by atoms with Gasteiger partial charge in [0.25, 0.3) is 11.5 Å². The van der Waals surface area contributed by atoms with Crippen molar-refractivity contribution < 1.29 is 23.9 Å². The van der Waals surface area contributed by atoms with Crippen molar-refractivity contribution in [3.05, 3.63) is 33.9 Å². The van der Waals surface area contributed by atoms with E-state index in [1.165, 1.54) is 12.3 Å². The van der Waals surface area contributed by atoms with Gasteiger partial charge in [-0.15, -0.1) is 0 Å². The number of carbonyl (C=O) groups excluding carboxylic acids is 3. The summed E-state index contributed by atoms with van der Waals surface area (Å²) in [6.45, 7) is 9.98. The maximum absolute atomic E-state index is 12.8. The van der Waals surface area contributed by atoms with Gasteiger partial charge in [-0.1, -0.05) is 0 Å². The number of piperidine rings is 1. The molecule has 2 aliphatic heterocycles. The van der Waals surface area contributed by atoms with Crippen LogP contribution in [0.2, 0.25) is 0 Å². The number of hydrogen-bond donors (Lipinski definition) is 2.